The Kier molecular flexibility index (Phi) is 12.5. The van der Waals surface area contributed by atoms with Gasteiger partial charge in [0.15, 0.2) is 0 Å². The summed E-state index contributed by atoms with van der Waals surface area (Å²) in [6, 6.07) is 5.80. The van der Waals surface area contributed by atoms with Gasteiger partial charge in [-0.2, -0.15) is 0 Å². The highest BCUT2D eigenvalue weighted by atomic mass is 19.1. The molecule has 2 unspecified atom stereocenters. The second-order valence-corrected chi connectivity index (χ2v) is 8.47. The number of piperidine rings is 1. The predicted octanol–water partition coefficient (Wildman–Crippen LogP) is 7.16. The maximum Gasteiger partial charge on any atom is 0.123 e. The van der Waals surface area contributed by atoms with E-state index in [1.807, 2.05) is 33.8 Å². The summed E-state index contributed by atoms with van der Waals surface area (Å²) in [5, 5.41) is 3.59. The number of nitrogens with zero attached hydrogens (tertiary/aromatic N) is 1. The first-order chi connectivity index (χ1) is 14.6. The summed E-state index contributed by atoms with van der Waals surface area (Å²) in [6.45, 7) is 21.0. The van der Waals surface area contributed by atoms with Crippen LogP contribution in [0, 0.1) is 17.2 Å². The van der Waals surface area contributed by atoms with Crippen LogP contribution in [0.5, 0.6) is 0 Å². The molecule has 3 rings (SSSR count). The molecule has 1 aliphatic carbocycles. The minimum absolute atomic E-state index is 0.0897. The van der Waals surface area contributed by atoms with Crippen LogP contribution in [0.4, 0.5) is 4.39 Å². The molecule has 1 aromatic rings. The number of halogens is 1. The first-order valence-corrected chi connectivity index (χ1v) is 12.4. The zero-order valence-electron chi connectivity index (χ0n) is 20.6. The maximum absolute atomic E-state index is 13.7. The molecule has 0 amide bonds. The van der Waals surface area contributed by atoms with Gasteiger partial charge < -0.3 is 5.32 Å². The van der Waals surface area contributed by atoms with Gasteiger partial charge in [0.25, 0.3) is 0 Å². The number of hydrogen-bond donors (Lipinski definition) is 1. The predicted molar refractivity (Wildman–Crippen MR) is 131 cm³/mol. The van der Waals surface area contributed by atoms with Crippen LogP contribution in [0.15, 0.2) is 30.9 Å². The van der Waals surface area contributed by atoms with Gasteiger partial charge in [-0.25, -0.2) is 4.39 Å². The van der Waals surface area contributed by atoms with Crippen molar-refractivity contribution in [2.24, 2.45) is 11.3 Å². The minimum atomic E-state index is -0.0897. The zero-order chi connectivity index (χ0) is 22.6. The van der Waals surface area contributed by atoms with Crippen molar-refractivity contribution < 1.29 is 4.39 Å². The SMILES string of the molecule is C=CCCC(C)(CNCC)C1CCN(C2CCc3ccc(F)cc32)CC1.CC.CC. The van der Waals surface area contributed by atoms with Crippen molar-refractivity contribution in [1.29, 1.82) is 0 Å². The molecule has 0 bridgehead atoms. The smallest absolute Gasteiger partial charge is 0.123 e. The number of hydrogen-bond acceptors (Lipinski definition) is 2. The first kappa shape index (κ1) is 26.8. The second-order valence-electron chi connectivity index (χ2n) is 8.47. The van der Waals surface area contributed by atoms with E-state index in [0.29, 0.717) is 11.5 Å². The minimum Gasteiger partial charge on any atom is -0.316 e. The summed E-state index contributed by atoms with van der Waals surface area (Å²) in [5.41, 5.74) is 2.93. The first-order valence-electron chi connectivity index (χ1n) is 12.4. The van der Waals surface area contributed by atoms with Gasteiger partial charge in [0.2, 0.25) is 0 Å². The fraction of sp³-hybridized carbons (Fsp3) is 0.704. The molecular weight excluding hydrogens is 371 g/mol. The van der Waals surface area contributed by atoms with Gasteiger partial charge in [0.1, 0.15) is 5.82 Å². The lowest BCUT2D eigenvalue weighted by molar-refractivity contribution is 0.0595. The van der Waals surface area contributed by atoms with Gasteiger partial charge in [-0.15, -0.1) is 6.58 Å². The molecule has 1 N–H and O–H groups in total. The van der Waals surface area contributed by atoms with Gasteiger partial charge in [0.05, 0.1) is 0 Å². The number of aryl methyl sites for hydroxylation is 1. The fourth-order valence-corrected chi connectivity index (χ4v) is 5.12. The van der Waals surface area contributed by atoms with Gasteiger partial charge in [-0.3, -0.25) is 4.90 Å². The number of benzene rings is 1. The Morgan fingerprint density at radius 2 is 1.83 bits per heavy atom. The lowest BCUT2D eigenvalue weighted by Crippen LogP contribution is -2.45. The van der Waals surface area contributed by atoms with E-state index in [-0.39, 0.29) is 5.82 Å². The van der Waals surface area contributed by atoms with Gasteiger partial charge in [-0.1, -0.05) is 53.7 Å². The molecule has 2 nitrogen and oxygen atoms in total. The highest BCUT2D eigenvalue weighted by Gasteiger charge is 2.38. The summed E-state index contributed by atoms with van der Waals surface area (Å²) in [4.78, 5) is 2.61. The molecule has 30 heavy (non-hydrogen) atoms. The Morgan fingerprint density at radius 3 is 2.43 bits per heavy atom. The molecule has 0 spiro atoms. The molecule has 0 aromatic heterocycles. The van der Waals surface area contributed by atoms with Crippen LogP contribution in [0.25, 0.3) is 0 Å². The van der Waals surface area contributed by atoms with Crippen molar-refractivity contribution >= 4 is 0 Å². The van der Waals surface area contributed by atoms with Crippen molar-refractivity contribution in [3.63, 3.8) is 0 Å². The topological polar surface area (TPSA) is 15.3 Å². The third kappa shape index (κ3) is 6.92. The molecule has 0 saturated carbocycles. The third-order valence-electron chi connectivity index (χ3n) is 6.81. The molecule has 1 saturated heterocycles. The Bertz CT molecular complexity index is 607. The van der Waals surface area contributed by atoms with Crippen molar-refractivity contribution in [1.82, 2.24) is 10.2 Å². The van der Waals surface area contributed by atoms with E-state index in [1.165, 1.54) is 30.4 Å². The normalized spacial score (nSPS) is 20.8. The molecule has 1 aliphatic heterocycles. The summed E-state index contributed by atoms with van der Waals surface area (Å²) in [7, 11) is 0. The molecule has 3 heteroatoms. The number of rotatable bonds is 8. The van der Waals surface area contributed by atoms with Crippen LogP contribution in [-0.2, 0) is 6.42 Å². The largest absolute Gasteiger partial charge is 0.316 e. The van der Waals surface area contributed by atoms with Crippen LogP contribution in [0.2, 0.25) is 0 Å². The van der Waals surface area contributed by atoms with Crippen molar-refractivity contribution in [3.8, 4) is 0 Å². The lowest BCUT2D eigenvalue weighted by atomic mass is 9.69. The third-order valence-corrected chi connectivity index (χ3v) is 6.81. The molecule has 1 aromatic carbocycles. The van der Waals surface area contributed by atoms with Crippen LogP contribution in [-0.4, -0.2) is 31.1 Å². The van der Waals surface area contributed by atoms with E-state index in [0.717, 1.165) is 51.4 Å². The van der Waals surface area contributed by atoms with Crippen molar-refractivity contribution in [2.75, 3.05) is 26.2 Å². The van der Waals surface area contributed by atoms with E-state index in [1.54, 1.807) is 12.1 Å². The van der Waals surface area contributed by atoms with E-state index < -0.39 is 0 Å². The van der Waals surface area contributed by atoms with E-state index in [9.17, 15) is 4.39 Å². The van der Waals surface area contributed by atoms with Gasteiger partial charge in [-0.05, 0) is 92.8 Å². The van der Waals surface area contributed by atoms with Gasteiger partial charge in [0, 0.05) is 12.6 Å². The van der Waals surface area contributed by atoms with E-state index >= 15 is 0 Å². The quantitative estimate of drug-likeness (QED) is 0.451. The molecular formula is C27H47FN2. The number of fused-ring (bicyclic) bond motifs is 1. The van der Waals surface area contributed by atoms with Crippen molar-refractivity contribution in [3.05, 3.63) is 47.8 Å². The Labute approximate surface area is 186 Å². The summed E-state index contributed by atoms with van der Waals surface area (Å²) in [6.07, 6.45) is 9.11. The zero-order valence-corrected chi connectivity index (χ0v) is 20.6. The average Bonchev–Trinajstić information content (AvgIpc) is 3.22. The maximum atomic E-state index is 13.7. The van der Waals surface area contributed by atoms with Gasteiger partial charge >= 0.3 is 0 Å². The Balaban J connectivity index is 0.00000106. The standard InChI is InChI=1S/C23H35FN2.2C2H6/c1-4-6-13-23(3,17-25-5-2)19-11-14-26(15-12-19)22-10-8-18-7-9-20(24)16-21(18)22;2*1-2/h4,7,9,16,19,22,25H,1,5-6,8,10-15,17H2,2-3H3;2*1-2H3. The molecule has 0 radical (unpaired) electrons. The average molecular weight is 419 g/mol. The number of likely N-dealkylation sites (tertiary alicyclic amines) is 1. The van der Waals surface area contributed by atoms with Crippen LogP contribution in [0.3, 0.4) is 0 Å². The summed E-state index contributed by atoms with van der Waals surface area (Å²) < 4.78 is 13.7. The van der Waals surface area contributed by atoms with Crippen LogP contribution < -0.4 is 5.32 Å². The molecule has 172 valence electrons. The van der Waals surface area contributed by atoms with Crippen LogP contribution in [0.1, 0.15) is 90.8 Å². The lowest BCUT2D eigenvalue weighted by Gasteiger charge is -2.44. The Hall–Kier alpha value is -1.19. The molecule has 2 aliphatic rings. The number of allylic oxidation sites excluding steroid dienone is 1. The van der Waals surface area contributed by atoms with E-state index in [2.05, 4.69) is 36.7 Å². The summed E-state index contributed by atoms with van der Waals surface area (Å²) >= 11 is 0. The molecule has 1 heterocycles. The Morgan fingerprint density at radius 1 is 1.17 bits per heavy atom. The highest BCUT2D eigenvalue weighted by Crippen LogP contribution is 2.43. The fourth-order valence-electron chi connectivity index (χ4n) is 5.12. The van der Waals surface area contributed by atoms with E-state index in [4.69, 9.17) is 0 Å². The summed E-state index contributed by atoms with van der Waals surface area (Å²) in [5.74, 6) is 0.666. The van der Waals surface area contributed by atoms with Crippen molar-refractivity contribution in [2.45, 2.75) is 86.1 Å². The molecule has 2 atom stereocenters. The molecule has 1 fully saturated rings. The van der Waals surface area contributed by atoms with Crippen LogP contribution >= 0.6 is 0 Å². The highest BCUT2D eigenvalue weighted by molar-refractivity contribution is 5.35. The second kappa shape index (κ2) is 14.0. The monoisotopic (exact) mass is 418 g/mol. The number of nitrogens with one attached hydrogen (secondary N) is 1.